The van der Waals surface area contributed by atoms with Crippen LogP contribution in [0.25, 0.3) is 0 Å². The second kappa shape index (κ2) is 6.99. The first kappa shape index (κ1) is 18.2. The Morgan fingerprint density at radius 3 is 2.62 bits per heavy atom. The predicted molar refractivity (Wildman–Crippen MR) is 98.9 cm³/mol. The number of aliphatic imine (C=N–C) groups is 1. The largest absolute Gasteiger partial charge is 0.493 e. The van der Waals surface area contributed by atoms with Crippen molar-refractivity contribution in [3.63, 3.8) is 0 Å². The fourth-order valence-electron chi connectivity index (χ4n) is 3.01. The summed E-state index contributed by atoms with van der Waals surface area (Å²) in [7, 11) is 0.0162. The van der Waals surface area contributed by atoms with Crippen molar-refractivity contribution in [2.75, 3.05) is 25.7 Å². The monoisotopic (exact) mass is 379 g/mol. The van der Waals surface area contributed by atoms with Crippen LogP contribution in [0.5, 0.6) is 11.5 Å². The summed E-state index contributed by atoms with van der Waals surface area (Å²) >= 11 is 0. The molecule has 1 aromatic heterocycles. The molecule has 9 heteroatoms. The second-order valence-corrected chi connectivity index (χ2v) is 8.41. The summed E-state index contributed by atoms with van der Waals surface area (Å²) in [6, 6.07) is 4.84. The first-order chi connectivity index (χ1) is 12.3. The van der Waals surface area contributed by atoms with Crippen LogP contribution in [0.1, 0.15) is 23.7 Å². The molecule has 0 radical (unpaired) electrons. The van der Waals surface area contributed by atoms with E-state index < -0.39 is 9.84 Å². The van der Waals surface area contributed by atoms with E-state index in [1.807, 2.05) is 0 Å². The summed E-state index contributed by atoms with van der Waals surface area (Å²) in [4.78, 5) is 17.0. The highest BCUT2D eigenvalue weighted by Gasteiger charge is 2.31. The Balaban J connectivity index is 1.89. The van der Waals surface area contributed by atoms with Gasteiger partial charge in [-0.1, -0.05) is 0 Å². The summed E-state index contributed by atoms with van der Waals surface area (Å²) in [5.41, 5.74) is 1.39. The number of rotatable bonds is 5. The molecule has 1 N–H and O–H groups in total. The number of H-pyrrole nitrogens is 1. The van der Waals surface area contributed by atoms with E-state index >= 15 is 0 Å². The maximum absolute atomic E-state index is 12.6. The number of aromatic amines is 1. The van der Waals surface area contributed by atoms with Gasteiger partial charge in [-0.2, -0.15) is 0 Å². The van der Waals surface area contributed by atoms with Gasteiger partial charge < -0.3 is 9.47 Å². The van der Waals surface area contributed by atoms with Crippen molar-refractivity contribution >= 4 is 21.7 Å². The van der Waals surface area contributed by atoms with Crippen LogP contribution in [0.15, 0.2) is 28.0 Å². The molecule has 1 saturated heterocycles. The lowest BCUT2D eigenvalue weighted by Gasteiger charge is -2.07. The molecule has 2 aromatic rings. The number of methoxy groups -OCH3 is 2. The molecule has 140 valence electrons. The highest BCUT2D eigenvalue weighted by atomic mass is 32.2. The van der Waals surface area contributed by atoms with Gasteiger partial charge in [0, 0.05) is 18.0 Å². The van der Waals surface area contributed by atoms with E-state index in [0.717, 1.165) is 0 Å². The van der Waals surface area contributed by atoms with Gasteiger partial charge in [0.25, 0.3) is 5.56 Å². The first-order valence-electron chi connectivity index (χ1n) is 8.12. The van der Waals surface area contributed by atoms with Gasteiger partial charge in [0.15, 0.2) is 21.3 Å². The third-order valence-corrected chi connectivity index (χ3v) is 6.18. The van der Waals surface area contributed by atoms with E-state index in [4.69, 9.17) is 9.47 Å². The van der Waals surface area contributed by atoms with Gasteiger partial charge in [-0.25, -0.2) is 13.1 Å². The van der Waals surface area contributed by atoms with E-state index in [1.54, 1.807) is 32.2 Å². The van der Waals surface area contributed by atoms with Crippen LogP contribution in [-0.4, -0.2) is 50.1 Å². The molecule has 0 amide bonds. The van der Waals surface area contributed by atoms with Gasteiger partial charge in [-0.15, -0.1) is 0 Å². The summed E-state index contributed by atoms with van der Waals surface area (Å²) < 4.78 is 35.1. The molecule has 0 unspecified atom stereocenters. The molecular formula is C17H21N3O5S. The number of hydrogen-bond donors (Lipinski definition) is 1. The van der Waals surface area contributed by atoms with Crippen LogP contribution in [-0.2, 0) is 9.84 Å². The number of hydrogen-bond acceptors (Lipinski definition) is 6. The molecule has 8 nitrogen and oxygen atoms in total. The quantitative estimate of drug-likeness (QED) is 0.795. The smallest absolute Gasteiger partial charge is 0.275 e. The molecule has 1 aromatic carbocycles. The van der Waals surface area contributed by atoms with Gasteiger partial charge in [-0.05, 0) is 25.5 Å². The lowest BCUT2D eigenvalue weighted by molar-refractivity contribution is 0.355. The van der Waals surface area contributed by atoms with Gasteiger partial charge in [-0.3, -0.25) is 14.9 Å². The van der Waals surface area contributed by atoms with Crippen LogP contribution in [0.2, 0.25) is 0 Å². The van der Waals surface area contributed by atoms with E-state index in [-0.39, 0.29) is 23.1 Å². The Labute approximate surface area is 151 Å². The fourth-order valence-corrected chi connectivity index (χ4v) is 4.71. The van der Waals surface area contributed by atoms with Crippen LogP contribution >= 0.6 is 0 Å². The number of aryl methyl sites for hydroxylation is 1. The summed E-state index contributed by atoms with van der Waals surface area (Å²) in [5, 5.41) is 2.97. The Bertz CT molecular complexity index is 1000. The highest BCUT2D eigenvalue weighted by molar-refractivity contribution is 7.91. The average Bonchev–Trinajstić information content (AvgIpc) is 3.11. The predicted octanol–water partition coefficient (Wildman–Crippen LogP) is 1.61. The average molecular weight is 379 g/mol. The van der Waals surface area contributed by atoms with E-state index in [2.05, 4.69) is 10.1 Å². The normalized spacial score (nSPS) is 19.1. The SMILES string of the molecule is COc1ccc(N=Cc2c(C)[nH]n([C@H]3CCS(=O)(=O)C3)c2=O)cc1OC. The fraction of sp³-hybridized carbons (Fsp3) is 0.412. The van der Waals surface area contributed by atoms with Crippen molar-refractivity contribution < 1.29 is 17.9 Å². The molecule has 2 heterocycles. The van der Waals surface area contributed by atoms with Gasteiger partial charge >= 0.3 is 0 Å². The topological polar surface area (TPSA) is 103 Å². The van der Waals surface area contributed by atoms with Gasteiger partial charge in [0.1, 0.15) is 0 Å². The van der Waals surface area contributed by atoms with Crippen LogP contribution in [0.4, 0.5) is 5.69 Å². The molecule has 1 aliphatic rings. The van der Waals surface area contributed by atoms with E-state index in [1.165, 1.54) is 18.0 Å². The zero-order valence-electron chi connectivity index (χ0n) is 14.9. The van der Waals surface area contributed by atoms with Gasteiger partial charge in [0.05, 0.1) is 43.0 Å². The van der Waals surface area contributed by atoms with Crippen molar-refractivity contribution in [2.24, 2.45) is 4.99 Å². The molecule has 1 fully saturated rings. The van der Waals surface area contributed by atoms with Crippen molar-refractivity contribution in [2.45, 2.75) is 19.4 Å². The minimum atomic E-state index is -3.07. The Morgan fingerprint density at radius 2 is 2.00 bits per heavy atom. The Morgan fingerprint density at radius 1 is 1.27 bits per heavy atom. The number of ether oxygens (including phenoxy) is 2. The first-order valence-corrected chi connectivity index (χ1v) is 9.94. The number of sulfone groups is 1. The third kappa shape index (κ3) is 3.52. The van der Waals surface area contributed by atoms with E-state index in [0.29, 0.717) is 34.9 Å². The highest BCUT2D eigenvalue weighted by Crippen LogP contribution is 2.31. The van der Waals surface area contributed by atoms with Crippen molar-refractivity contribution in [1.29, 1.82) is 0 Å². The van der Waals surface area contributed by atoms with Gasteiger partial charge in [0.2, 0.25) is 0 Å². The molecule has 1 aliphatic heterocycles. The Kier molecular flexibility index (Phi) is 4.90. The lowest BCUT2D eigenvalue weighted by atomic mass is 10.2. The summed E-state index contributed by atoms with van der Waals surface area (Å²) in [6.45, 7) is 1.76. The minimum absolute atomic E-state index is 0.0148. The molecular weight excluding hydrogens is 358 g/mol. The molecule has 1 atom stereocenters. The van der Waals surface area contributed by atoms with Crippen LogP contribution in [0, 0.1) is 6.92 Å². The Hall–Kier alpha value is -2.55. The molecule has 0 spiro atoms. The minimum Gasteiger partial charge on any atom is -0.493 e. The van der Waals surface area contributed by atoms with E-state index in [9.17, 15) is 13.2 Å². The summed E-state index contributed by atoms with van der Waals surface area (Å²) in [5.74, 6) is 1.23. The number of benzene rings is 1. The third-order valence-electron chi connectivity index (χ3n) is 4.42. The second-order valence-electron chi connectivity index (χ2n) is 6.18. The van der Waals surface area contributed by atoms with Crippen molar-refractivity contribution in [3.8, 4) is 11.5 Å². The summed E-state index contributed by atoms with van der Waals surface area (Å²) in [6.07, 6.45) is 1.92. The standard InChI is InChI=1S/C17H21N3O5S/c1-11-14(9-18-12-4-5-15(24-2)16(8-12)25-3)17(21)20(19-11)13-6-7-26(22,23)10-13/h4-5,8-9,13,19H,6-7,10H2,1-3H3/t13-/m0/s1. The van der Waals surface area contributed by atoms with Crippen LogP contribution in [0.3, 0.4) is 0 Å². The zero-order valence-corrected chi connectivity index (χ0v) is 15.7. The molecule has 0 saturated carbocycles. The molecule has 26 heavy (non-hydrogen) atoms. The molecule has 0 bridgehead atoms. The number of nitrogens with one attached hydrogen (secondary N) is 1. The number of nitrogens with zero attached hydrogens (tertiary/aromatic N) is 2. The zero-order chi connectivity index (χ0) is 18.9. The molecule has 0 aliphatic carbocycles. The number of aromatic nitrogens is 2. The maximum Gasteiger partial charge on any atom is 0.275 e. The molecule has 3 rings (SSSR count). The van der Waals surface area contributed by atoms with Crippen molar-refractivity contribution in [1.82, 2.24) is 9.78 Å². The maximum atomic E-state index is 12.6. The van der Waals surface area contributed by atoms with Crippen LogP contribution < -0.4 is 15.0 Å². The van der Waals surface area contributed by atoms with Crippen molar-refractivity contribution in [3.05, 3.63) is 39.8 Å². The lowest BCUT2D eigenvalue weighted by Crippen LogP contribution is -2.25.